The van der Waals surface area contributed by atoms with Gasteiger partial charge in [0.2, 0.25) is 11.8 Å². The average molecular weight is 592 g/mol. The lowest BCUT2D eigenvalue weighted by Crippen LogP contribution is -2.65. The van der Waals surface area contributed by atoms with Crippen LogP contribution >= 0.6 is 11.6 Å². The zero-order valence-corrected chi connectivity index (χ0v) is 22.2. The van der Waals surface area contributed by atoms with Gasteiger partial charge in [-0.15, -0.1) is 13.2 Å². The van der Waals surface area contributed by atoms with Gasteiger partial charge in [-0.1, -0.05) is 11.6 Å². The number of amides is 4. The fourth-order valence-corrected chi connectivity index (χ4v) is 5.24. The maximum Gasteiger partial charge on any atom is 0.573 e. The monoisotopic (exact) mass is 591 g/mol. The second-order valence-corrected chi connectivity index (χ2v) is 10.5. The minimum Gasteiger partial charge on any atom is -0.479 e. The van der Waals surface area contributed by atoms with Crippen LogP contribution < -0.4 is 15.4 Å². The van der Waals surface area contributed by atoms with Crippen molar-refractivity contribution in [1.29, 1.82) is 0 Å². The van der Waals surface area contributed by atoms with Gasteiger partial charge in [-0.3, -0.25) is 14.9 Å². The van der Waals surface area contributed by atoms with E-state index in [1.54, 1.807) is 0 Å². The van der Waals surface area contributed by atoms with Crippen molar-refractivity contribution in [2.24, 2.45) is 5.41 Å². The second kappa shape index (κ2) is 11.3. The molecule has 1 spiro atoms. The Hall–Kier alpha value is -3.30. The molecule has 2 heterocycles. The Balaban J connectivity index is 1.33. The highest BCUT2D eigenvalue weighted by atomic mass is 35.5. The van der Waals surface area contributed by atoms with Crippen molar-refractivity contribution in [3.8, 4) is 5.75 Å². The molecule has 0 aromatic heterocycles. The standard InChI is InChI=1S/C24H29ClF3N5O7/c1-13-20(36)33(19(21(37)38)29-11-18(35)31-7-6-23(4-5-23)17(34)12-31)9-8-32(13)22(39)30-14-2-3-16(15(25)10-14)40-24(26,27)28/h2-3,10,13,17,19,29,34H,4-9,11-12H2,1H3,(H,30,39)(H,37,38). The number of piperazine rings is 1. The van der Waals surface area contributed by atoms with Crippen LogP contribution in [0.2, 0.25) is 5.02 Å². The maximum atomic E-state index is 13.1. The van der Waals surface area contributed by atoms with Crippen LogP contribution in [0.15, 0.2) is 18.2 Å². The Morgan fingerprint density at radius 1 is 1.20 bits per heavy atom. The number of halogens is 4. The molecule has 4 N–H and O–H groups in total. The number of carbonyl (C=O) groups is 4. The van der Waals surface area contributed by atoms with Crippen molar-refractivity contribution in [3.05, 3.63) is 23.2 Å². The Kier molecular flexibility index (Phi) is 8.38. The van der Waals surface area contributed by atoms with Gasteiger partial charge in [-0.2, -0.15) is 0 Å². The highest BCUT2D eigenvalue weighted by Crippen LogP contribution is 2.53. The fourth-order valence-electron chi connectivity index (χ4n) is 5.02. The molecule has 12 nitrogen and oxygen atoms in total. The number of rotatable bonds is 7. The number of nitrogens with zero attached hydrogens (tertiary/aromatic N) is 3. The molecule has 0 bridgehead atoms. The summed E-state index contributed by atoms with van der Waals surface area (Å²) in [5.74, 6) is -3.13. The lowest BCUT2D eigenvalue weighted by molar-refractivity contribution is -0.274. The summed E-state index contributed by atoms with van der Waals surface area (Å²) in [5, 5.41) is 24.7. The number of carboxylic acid groups (broad SMARTS) is 1. The van der Waals surface area contributed by atoms with Crippen molar-refractivity contribution in [2.75, 3.05) is 38.0 Å². The molecule has 4 rings (SSSR count). The first-order valence-corrected chi connectivity index (χ1v) is 12.9. The molecule has 4 amide bonds. The Morgan fingerprint density at radius 2 is 1.90 bits per heavy atom. The van der Waals surface area contributed by atoms with Crippen molar-refractivity contribution >= 4 is 41.1 Å². The summed E-state index contributed by atoms with van der Waals surface area (Å²) < 4.78 is 41.1. The van der Waals surface area contributed by atoms with Crippen LogP contribution in [0.1, 0.15) is 26.2 Å². The topological polar surface area (TPSA) is 152 Å². The summed E-state index contributed by atoms with van der Waals surface area (Å²) in [6, 6.07) is 1.27. The number of aliphatic hydroxyl groups excluding tert-OH is 1. The molecule has 3 atom stereocenters. The van der Waals surface area contributed by atoms with Gasteiger partial charge in [0, 0.05) is 31.9 Å². The third kappa shape index (κ3) is 6.53. The number of nitrogens with one attached hydrogen (secondary N) is 2. The fraction of sp³-hybridized carbons (Fsp3) is 0.583. The lowest BCUT2D eigenvalue weighted by atomic mass is 9.90. The van der Waals surface area contributed by atoms with E-state index in [4.69, 9.17) is 11.6 Å². The molecule has 220 valence electrons. The number of likely N-dealkylation sites (tertiary alicyclic amines) is 1. The number of hydrogen-bond donors (Lipinski definition) is 4. The van der Waals surface area contributed by atoms with E-state index >= 15 is 0 Å². The van der Waals surface area contributed by atoms with Gasteiger partial charge in [0.05, 0.1) is 17.7 Å². The molecule has 3 fully saturated rings. The SMILES string of the molecule is CC1C(=O)N(C(NCC(=O)N2CCC3(CC3)C(O)C2)C(=O)O)CCN1C(=O)Nc1ccc(OC(F)(F)F)c(Cl)c1. The van der Waals surface area contributed by atoms with E-state index in [0.717, 1.165) is 40.8 Å². The second-order valence-electron chi connectivity index (χ2n) is 10.1. The van der Waals surface area contributed by atoms with E-state index in [-0.39, 0.29) is 37.3 Å². The molecular formula is C24H29ClF3N5O7. The van der Waals surface area contributed by atoms with E-state index in [1.807, 2.05) is 0 Å². The molecule has 2 saturated heterocycles. The molecular weight excluding hydrogens is 563 g/mol. The number of aliphatic carboxylic acids is 1. The molecule has 3 aliphatic rings. The van der Waals surface area contributed by atoms with Gasteiger partial charge in [0.25, 0.3) is 0 Å². The summed E-state index contributed by atoms with van der Waals surface area (Å²) >= 11 is 5.81. The van der Waals surface area contributed by atoms with E-state index in [0.29, 0.717) is 13.0 Å². The molecule has 1 saturated carbocycles. The predicted molar refractivity (Wildman–Crippen MR) is 133 cm³/mol. The summed E-state index contributed by atoms with van der Waals surface area (Å²) in [6.07, 6.45) is -4.57. The van der Waals surface area contributed by atoms with Crippen LogP contribution in [-0.2, 0) is 14.4 Å². The van der Waals surface area contributed by atoms with Crippen LogP contribution in [0.5, 0.6) is 5.75 Å². The predicted octanol–water partition coefficient (Wildman–Crippen LogP) is 1.68. The molecule has 3 unspecified atom stereocenters. The van der Waals surface area contributed by atoms with E-state index in [2.05, 4.69) is 15.4 Å². The number of piperidine rings is 1. The smallest absolute Gasteiger partial charge is 0.479 e. The van der Waals surface area contributed by atoms with Crippen LogP contribution in [0.25, 0.3) is 0 Å². The van der Waals surface area contributed by atoms with E-state index in [1.165, 1.54) is 11.8 Å². The van der Waals surface area contributed by atoms with Crippen molar-refractivity contribution in [3.63, 3.8) is 0 Å². The number of carbonyl (C=O) groups excluding carboxylic acids is 3. The molecule has 1 aliphatic carbocycles. The minimum atomic E-state index is -4.95. The Labute approximate surface area is 232 Å². The van der Waals surface area contributed by atoms with Crippen molar-refractivity contribution < 1.29 is 47.3 Å². The van der Waals surface area contributed by atoms with Gasteiger partial charge >= 0.3 is 18.4 Å². The van der Waals surface area contributed by atoms with Crippen LogP contribution in [0.3, 0.4) is 0 Å². The largest absolute Gasteiger partial charge is 0.573 e. The number of anilines is 1. The lowest BCUT2D eigenvalue weighted by Gasteiger charge is -2.41. The van der Waals surface area contributed by atoms with Crippen molar-refractivity contribution in [2.45, 2.75) is 50.9 Å². The molecule has 2 aliphatic heterocycles. The van der Waals surface area contributed by atoms with Gasteiger partial charge in [0.15, 0.2) is 6.17 Å². The Morgan fingerprint density at radius 3 is 2.48 bits per heavy atom. The molecule has 1 aromatic carbocycles. The Bertz CT molecular complexity index is 1180. The first-order valence-electron chi connectivity index (χ1n) is 12.6. The van der Waals surface area contributed by atoms with Gasteiger partial charge in [-0.05, 0) is 49.8 Å². The highest BCUT2D eigenvalue weighted by Gasteiger charge is 2.52. The highest BCUT2D eigenvalue weighted by molar-refractivity contribution is 6.32. The van der Waals surface area contributed by atoms with Gasteiger partial charge in [0.1, 0.15) is 11.8 Å². The number of carboxylic acids is 1. The summed E-state index contributed by atoms with van der Waals surface area (Å²) in [5.41, 5.74) is -0.0508. The third-order valence-corrected chi connectivity index (χ3v) is 7.87. The summed E-state index contributed by atoms with van der Waals surface area (Å²) in [4.78, 5) is 54.2. The zero-order valence-electron chi connectivity index (χ0n) is 21.4. The third-order valence-electron chi connectivity index (χ3n) is 7.58. The quantitative estimate of drug-likeness (QED) is 0.374. The average Bonchev–Trinajstić information content (AvgIpc) is 3.64. The van der Waals surface area contributed by atoms with E-state index in [9.17, 15) is 42.6 Å². The first-order chi connectivity index (χ1) is 18.7. The first kappa shape index (κ1) is 29.7. The zero-order chi connectivity index (χ0) is 29.4. The minimum absolute atomic E-state index is 0.0469. The number of β-amino-alcohol motifs (C(OH)–C–C–N with tert-alkyl or cyclic N) is 1. The number of urea groups is 1. The molecule has 40 heavy (non-hydrogen) atoms. The molecule has 0 radical (unpaired) electrons. The summed E-state index contributed by atoms with van der Waals surface area (Å²) in [7, 11) is 0. The summed E-state index contributed by atoms with van der Waals surface area (Å²) in [6.45, 7) is 1.43. The number of alkyl halides is 3. The van der Waals surface area contributed by atoms with E-state index < -0.39 is 59.3 Å². The normalized spacial score (nSPS) is 23.1. The molecule has 16 heteroatoms. The molecule has 1 aromatic rings. The number of benzene rings is 1. The number of ether oxygens (including phenoxy) is 1. The number of hydrogen-bond acceptors (Lipinski definition) is 7. The van der Waals surface area contributed by atoms with Crippen LogP contribution in [-0.4, -0.2) is 106 Å². The maximum absolute atomic E-state index is 13.1. The van der Waals surface area contributed by atoms with Crippen molar-refractivity contribution in [1.82, 2.24) is 20.0 Å². The van der Waals surface area contributed by atoms with Crippen LogP contribution in [0, 0.1) is 5.41 Å². The van der Waals surface area contributed by atoms with Gasteiger partial charge in [-0.25, -0.2) is 9.59 Å². The van der Waals surface area contributed by atoms with Gasteiger partial charge < -0.3 is 35.0 Å². The van der Waals surface area contributed by atoms with Crippen LogP contribution in [0.4, 0.5) is 23.7 Å². The number of aliphatic hydroxyl groups is 1.